The van der Waals surface area contributed by atoms with E-state index in [4.69, 9.17) is 5.11 Å². The summed E-state index contributed by atoms with van der Waals surface area (Å²) >= 11 is 0. The summed E-state index contributed by atoms with van der Waals surface area (Å²) in [6, 6.07) is 0. The third kappa shape index (κ3) is 6.62. The van der Waals surface area contributed by atoms with Crippen LogP contribution in [0.2, 0.25) is 0 Å². The molecule has 0 heterocycles. The number of nitrogens with one attached hydrogen (secondary N) is 1. The average molecular weight is 200 g/mol. The van der Waals surface area contributed by atoms with Crippen molar-refractivity contribution in [2.75, 3.05) is 33.3 Å². The van der Waals surface area contributed by atoms with Crippen LogP contribution < -0.4 is 5.32 Å². The summed E-state index contributed by atoms with van der Waals surface area (Å²) in [6.45, 7) is 6.00. The topological polar surface area (TPSA) is 52.6 Å². The van der Waals surface area contributed by atoms with Gasteiger partial charge in [0.15, 0.2) is 0 Å². The van der Waals surface area contributed by atoms with E-state index in [2.05, 4.69) is 16.8 Å². The largest absolute Gasteiger partial charge is 0.395 e. The van der Waals surface area contributed by atoms with E-state index in [-0.39, 0.29) is 12.5 Å². The molecule has 0 aliphatic carbocycles. The number of aliphatic hydroxyl groups excluding tert-OH is 1. The van der Waals surface area contributed by atoms with Crippen LogP contribution in [0.3, 0.4) is 0 Å². The molecule has 0 saturated carbocycles. The van der Waals surface area contributed by atoms with Gasteiger partial charge in [-0.2, -0.15) is 0 Å². The summed E-state index contributed by atoms with van der Waals surface area (Å²) in [6.07, 6.45) is 3.15. The van der Waals surface area contributed by atoms with Crippen LogP contribution in [0.5, 0.6) is 0 Å². The molecular weight excluding hydrogens is 180 g/mol. The first-order valence-corrected chi connectivity index (χ1v) is 4.89. The summed E-state index contributed by atoms with van der Waals surface area (Å²) in [5, 5.41) is 11.3. The highest BCUT2D eigenvalue weighted by atomic mass is 16.3. The third-order valence-electron chi connectivity index (χ3n) is 1.96. The van der Waals surface area contributed by atoms with Gasteiger partial charge < -0.3 is 10.4 Å². The number of hydrogen-bond donors (Lipinski definition) is 2. The van der Waals surface area contributed by atoms with Gasteiger partial charge in [-0.1, -0.05) is 6.08 Å². The molecule has 82 valence electrons. The molecule has 0 atom stereocenters. The number of hydrogen-bond acceptors (Lipinski definition) is 3. The Morgan fingerprint density at radius 2 is 2.29 bits per heavy atom. The summed E-state index contributed by atoms with van der Waals surface area (Å²) in [5.41, 5.74) is 0. The maximum Gasteiger partial charge on any atom is 0.219 e. The normalized spacial score (nSPS) is 10.2. The Balaban J connectivity index is 3.59. The van der Waals surface area contributed by atoms with Gasteiger partial charge in [0.25, 0.3) is 0 Å². The Bertz CT molecular complexity index is 172. The van der Waals surface area contributed by atoms with Crippen LogP contribution in [-0.4, -0.2) is 49.2 Å². The average Bonchev–Trinajstić information content (AvgIpc) is 2.18. The van der Waals surface area contributed by atoms with Crippen molar-refractivity contribution < 1.29 is 9.90 Å². The maximum absolute atomic E-state index is 10.9. The SMILES string of the molecule is C=CCN(CCO)CCCC(=O)NC. The number of carbonyl (C=O) groups is 1. The minimum atomic E-state index is 0.0625. The van der Waals surface area contributed by atoms with Crippen LogP contribution >= 0.6 is 0 Å². The van der Waals surface area contributed by atoms with Crippen LogP contribution in [0.15, 0.2) is 12.7 Å². The molecule has 0 aliphatic rings. The number of aliphatic hydroxyl groups is 1. The summed E-state index contributed by atoms with van der Waals surface area (Å²) in [7, 11) is 1.64. The second kappa shape index (κ2) is 8.72. The molecule has 0 aromatic heterocycles. The van der Waals surface area contributed by atoms with Gasteiger partial charge in [-0.25, -0.2) is 0 Å². The fourth-order valence-corrected chi connectivity index (χ4v) is 1.21. The molecule has 0 spiro atoms. The van der Waals surface area contributed by atoms with E-state index in [9.17, 15) is 4.79 Å². The molecule has 0 saturated heterocycles. The smallest absolute Gasteiger partial charge is 0.219 e. The molecule has 0 aromatic carbocycles. The van der Waals surface area contributed by atoms with Crippen molar-refractivity contribution in [1.82, 2.24) is 10.2 Å². The first-order valence-electron chi connectivity index (χ1n) is 4.89. The number of carbonyl (C=O) groups excluding carboxylic acids is 1. The predicted molar refractivity (Wildman–Crippen MR) is 57.0 cm³/mol. The van der Waals surface area contributed by atoms with E-state index in [1.807, 2.05) is 0 Å². The van der Waals surface area contributed by atoms with E-state index in [0.29, 0.717) is 13.0 Å². The van der Waals surface area contributed by atoms with E-state index in [0.717, 1.165) is 19.5 Å². The maximum atomic E-state index is 10.9. The molecule has 0 aromatic rings. The van der Waals surface area contributed by atoms with Crippen LogP contribution in [0.4, 0.5) is 0 Å². The monoisotopic (exact) mass is 200 g/mol. The van der Waals surface area contributed by atoms with Crippen molar-refractivity contribution in [2.45, 2.75) is 12.8 Å². The third-order valence-corrected chi connectivity index (χ3v) is 1.96. The molecule has 0 bridgehead atoms. The molecule has 1 amide bonds. The summed E-state index contributed by atoms with van der Waals surface area (Å²) in [4.78, 5) is 13.0. The molecule has 0 unspecified atom stereocenters. The van der Waals surface area contributed by atoms with Crippen LogP contribution in [0, 0.1) is 0 Å². The van der Waals surface area contributed by atoms with E-state index >= 15 is 0 Å². The highest BCUT2D eigenvalue weighted by molar-refractivity contribution is 5.75. The van der Waals surface area contributed by atoms with Gasteiger partial charge >= 0.3 is 0 Å². The Hall–Kier alpha value is -0.870. The van der Waals surface area contributed by atoms with Crippen molar-refractivity contribution in [3.05, 3.63) is 12.7 Å². The van der Waals surface area contributed by atoms with Gasteiger partial charge in [0, 0.05) is 26.6 Å². The Morgan fingerprint density at radius 3 is 2.79 bits per heavy atom. The molecule has 0 aliphatic heterocycles. The van der Waals surface area contributed by atoms with Crippen molar-refractivity contribution in [2.24, 2.45) is 0 Å². The highest BCUT2D eigenvalue weighted by Crippen LogP contribution is 1.95. The van der Waals surface area contributed by atoms with E-state index < -0.39 is 0 Å². The lowest BCUT2D eigenvalue weighted by Crippen LogP contribution is -2.29. The van der Waals surface area contributed by atoms with Crippen molar-refractivity contribution in [3.63, 3.8) is 0 Å². The Morgan fingerprint density at radius 1 is 1.57 bits per heavy atom. The Kier molecular flexibility index (Phi) is 8.17. The van der Waals surface area contributed by atoms with Crippen molar-refractivity contribution in [3.8, 4) is 0 Å². The fraction of sp³-hybridized carbons (Fsp3) is 0.700. The number of amides is 1. The van der Waals surface area contributed by atoms with Gasteiger partial charge in [0.1, 0.15) is 0 Å². The van der Waals surface area contributed by atoms with Gasteiger partial charge in [0.2, 0.25) is 5.91 Å². The second-order valence-corrected chi connectivity index (χ2v) is 3.09. The quantitative estimate of drug-likeness (QED) is 0.542. The van der Waals surface area contributed by atoms with E-state index in [1.54, 1.807) is 13.1 Å². The van der Waals surface area contributed by atoms with Gasteiger partial charge in [-0.15, -0.1) is 6.58 Å². The lowest BCUT2D eigenvalue weighted by atomic mass is 10.2. The molecule has 2 N–H and O–H groups in total. The first kappa shape index (κ1) is 13.1. The van der Waals surface area contributed by atoms with Gasteiger partial charge in [0.05, 0.1) is 6.61 Å². The zero-order chi connectivity index (χ0) is 10.8. The van der Waals surface area contributed by atoms with Crippen molar-refractivity contribution in [1.29, 1.82) is 0 Å². The predicted octanol–water partition coefficient (Wildman–Crippen LogP) is -0.00710. The van der Waals surface area contributed by atoms with Crippen LogP contribution in [0.25, 0.3) is 0 Å². The minimum Gasteiger partial charge on any atom is -0.395 e. The minimum absolute atomic E-state index is 0.0625. The molecule has 14 heavy (non-hydrogen) atoms. The first-order chi connectivity index (χ1) is 6.74. The standard InChI is InChI=1S/C10H20N2O2/c1-3-6-12(8-9-13)7-4-5-10(14)11-2/h3,13H,1,4-9H2,2H3,(H,11,14). The lowest BCUT2D eigenvalue weighted by Gasteiger charge is -2.18. The molecule has 0 rings (SSSR count). The zero-order valence-corrected chi connectivity index (χ0v) is 8.83. The second-order valence-electron chi connectivity index (χ2n) is 3.09. The lowest BCUT2D eigenvalue weighted by molar-refractivity contribution is -0.120. The summed E-state index contributed by atoms with van der Waals surface area (Å²) in [5.74, 6) is 0.0625. The molecular formula is C10H20N2O2. The molecule has 4 nitrogen and oxygen atoms in total. The van der Waals surface area contributed by atoms with Gasteiger partial charge in [-0.3, -0.25) is 9.69 Å². The molecule has 0 fully saturated rings. The van der Waals surface area contributed by atoms with Crippen LogP contribution in [-0.2, 0) is 4.79 Å². The molecule has 4 heteroatoms. The summed E-state index contributed by atoms with van der Waals surface area (Å²) < 4.78 is 0. The number of rotatable bonds is 8. The van der Waals surface area contributed by atoms with Crippen molar-refractivity contribution >= 4 is 5.91 Å². The highest BCUT2D eigenvalue weighted by Gasteiger charge is 2.03. The Labute approximate surface area is 85.6 Å². The fourth-order valence-electron chi connectivity index (χ4n) is 1.21. The van der Waals surface area contributed by atoms with E-state index in [1.165, 1.54) is 0 Å². The van der Waals surface area contributed by atoms with Gasteiger partial charge in [-0.05, 0) is 13.0 Å². The zero-order valence-electron chi connectivity index (χ0n) is 8.83. The molecule has 0 radical (unpaired) electrons. The van der Waals surface area contributed by atoms with Crippen LogP contribution in [0.1, 0.15) is 12.8 Å². The number of nitrogens with zero attached hydrogens (tertiary/aromatic N) is 1.